The standard InChI is InChI=1S/C37H34N2O5/c1-25-32(38-36(44-25)29-15-9-4-10-16-29)21-22-43-33-19-17-26(18-20-34(40)41)30-23-39(24-31(30)33)37(42)35(27-11-5-2-6-12-27)28-13-7-3-8-14-28/h2-17,19,35H,18,20-24H2,1H3,(H,40,41). The summed E-state index contributed by atoms with van der Waals surface area (Å²) in [7, 11) is 0. The second-order valence-corrected chi connectivity index (χ2v) is 11.0. The van der Waals surface area contributed by atoms with Gasteiger partial charge >= 0.3 is 5.97 Å². The zero-order valence-corrected chi connectivity index (χ0v) is 24.6. The van der Waals surface area contributed by atoms with Gasteiger partial charge in [0.2, 0.25) is 11.8 Å². The first-order valence-electron chi connectivity index (χ1n) is 14.9. The maximum absolute atomic E-state index is 14.2. The summed E-state index contributed by atoms with van der Waals surface area (Å²) in [6, 6.07) is 33.3. The third-order valence-electron chi connectivity index (χ3n) is 8.13. The SMILES string of the molecule is Cc1oc(-c2ccccc2)nc1CCOc1ccc(CCC(=O)O)c2c1CN(C(=O)C(c1ccccc1)c1ccccc1)C2. The summed E-state index contributed by atoms with van der Waals surface area (Å²) in [4.78, 5) is 32.2. The lowest BCUT2D eigenvalue weighted by Gasteiger charge is -2.24. The number of hydrogen-bond acceptors (Lipinski definition) is 5. The Morgan fingerprint density at radius 1 is 0.841 bits per heavy atom. The fourth-order valence-corrected chi connectivity index (χ4v) is 5.87. The Kier molecular flexibility index (Phi) is 8.55. The van der Waals surface area contributed by atoms with Gasteiger partial charge in [0.25, 0.3) is 0 Å². The number of hydrogen-bond donors (Lipinski definition) is 1. The second kappa shape index (κ2) is 13.0. The number of aromatic nitrogens is 1. The summed E-state index contributed by atoms with van der Waals surface area (Å²) >= 11 is 0. The van der Waals surface area contributed by atoms with Crippen LogP contribution in [0.1, 0.15) is 51.6 Å². The van der Waals surface area contributed by atoms with E-state index in [0.717, 1.165) is 44.8 Å². The van der Waals surface area contributed by atoms with Crippen molar-refractivity contribution in [1.29, 1.82) is 0 Å². The molecule has 0 aliphatic carbocycles. The molecule has 222 valence electrons. The number of carboxylic acids is 1. The lowest BCUT2D eigenvalue weighted by atomic mass is 9.90. The number of aryl methyl sites for hydroxylation is 2. The van der Waals surface area contributed by atoms with Crippen molar-refractivity contribution in [3.8, 4) is 17.2 Å². The van der Waals surface area contributed by atoms with Gasteiger partial charge in [-0.1, -0.05) is 84.9 Å². The van der Waals surface area contributed by atoms with Crippen LogP contribution in [-0.2, 0) is 35.5 Å². The van der Waals surface area contributed by atoms with E-state index in [9.17, 15) is 14.7 Å². The van der Waals surface area contributed by atoms with Crippen LogP contribution in [0.5, 0.6) is 5.75 Å². The first-order valence-corrected chi connectivity index (χ1v) is 14.9. The van der Waals surface area contributed by atoms with Crippen LogP contribution in [0, 0.1) is 6.92 Å². The molecule has 1 amide bonds. The molecule has 6 rings (SSSR count). The van der Waals surface area contributed by atoms with Crippen molar-refractivity contribution in [2.75, 3.05) is 6.61 Å². The average Bonchev–Trinajstić information content (AvgIpc) is 3.67. The Balaban J connectivity index is 1.24. The Morgan fingerprint density at radius 2 is 1.45 bits per heavy atom. The number of carboxylic acid groups (broad SMARTS) is 1. The third kappa shape index (κ3) is 6.27. The predicted molar refractivity (Wildman–Crippen MR) is 167 cm³/mol. The van der Waals surface area contributed by atoms with Gasteiger partial charge in [-0.15, -0.1) is 0 Å². The molecule has 0 spiro atoms. The van der Waals surface area contributed by atoms with Gasteiger partial charge < -0.3 is 19.2 Å². The van der Waals surface area contributed by atoms with Gasteiger partial charge in [0.05, 0.1) is 24.8 Å². The summed E-state index contributed by atoms with van der Waals surface area (Å²) in [5.41, 5.74) is 6.46. The van der Waals surface area contributed by atoms with Crippen molar-refractivity contribution in [3.63, 3.8) is 0 Å². The van der Waals surface area contributed by atoms with Crippen molar-refractivity contribution >= 4 is 11.9 Å². The topological polar surface area (TPSA) is 92.9 Å². The molecule has 7 heteroatoms. The number of oxazole rings is 1. The van der Waals surface area contributed by atoms with E-state index < -0.39 is 11.9 Å². The highest BCUT2D eigenvalue weighted by Gasteiger charge is 2.34. The molecular weight excluding hydrogens is 552 g/mol. The van der Waals surface area contributed by atoms with E-state index in [1.54, 1.807) is 0 Å². The molecule has 1 N–H and O–H groups in total. The molecule has 0 radical (unpaired) electrons. The van der Waals surface area contributed by atoms with E-state index in [1.807, 2.05) is 115 Å². The number of rotatable bonds is 11. The van der Waals surface area contributed by atoms with Crippen molar-refractivity contribution < 1.29 is 23.8 Å². The van der Waals surface area contributed by atoms with Gasteiger partial charge in [0.1, 0.15) is 11.5 Å². The van der Waals surface area contributed by atoms with Gasteiger partial charge in [0.15, 0.2) is 0 Å². The molecule has 0 bridgehead atoms. The van der Waals surface area contributed by atoms with Crippen LogP contribution in [0.3, 0.4) is 0 Å². The van der Waals surface area contributed by atoms with Crippen LogP contribution in [-0.4, -0.2) is 33.5 Å². The van der Waals surface area contributed by atoms with Crippen molar-refractivity contribution in [3.05, 3.63) is 142 Å². The Morgan fingerprint density at radius 3 is 2.09 bits per heavy atom. The number of carbonyl (C=O) groups excluding carboxylic acids is 1. The van der Waals surface area contributed by atoms with E-state index in [0.29, 0.717) is 44.2 Å². The number of fused-ring (bicyclic) bond motifs is 1. The minimum absolute atomic E-state index is 0.000368. The van der Waals surface area contributed by atoms with Gasteiger partial charge in [-0.3, -0.25) is 9.59 Å². The number of benzene rings is 4. The Labute approximate surface area is 256 Å². The molecule has 0 saturated carbocycles. The second-order valence-electron chi connectivity index (χ2n) is 11.0. The quantitative estimate of drug-likeness (QED) is 0.180. The lowest BCUT2D eigenvalue weighted by molar-refractivity contribution is -0.137. The maximum atomic E-state index is 14.2. The van der Waals surface area contributed by atoms with Gasteiger partial charge in [0, 0.05) is 30.5 Å². The molecule has 0 saturated heterocycles. The Bertz CT molecular complexity index is 1710. The zero-order valence-electron chi connectivity index (χ0n) is 24.6. The zero-order chi connectivity index (χ0) is 30.5. The third-order valence-corrected chi connectivity index (χ3v) is 8.13. The first kappa shape index (κ1) is 28.9. The molecule has 7 nitrogen and oxygen atoms in total. The maximum Gasteiger partial charge on any atom is 0.303 e. The molecule has 4 aromatic carbocycles. The molecule has 2 heterocycles. The molecule has 1 aromatic heterocycles. The highest BCUT2D eigenvalue weighted by atomic mass is 16.5. The van der Waals surface area contributed by atoms with Crippen LogP contribution >= 0.6 is 0 Å². The minimum atomic E-state index is -0.851. The average molecular weight is 587 g/mol. The largest absolute Gasteiger partial charge is 0.493 e. The highest BCUT2D eigenvalue weighted by molar-refractivity contribution is 5.88. The van der Waals surface area contributed by atoms with Crippen LogP contribution < -0.4 is 4.74 Å². The number of carbonyl (C=O) groups is 2. The Hall–Kier alpha value is -5.17. The minimum Gasteiger partial charge on any atom is -0.493 e. The van der Waals surface area contributed by atoms with Crippen molar-refractivity contribution in [2.24, 2.45) is 0 Å². The molecule has 0 atom stereocenters. The normalized spacial score (nSPS) is 12.4. The lowest BCUT2D eigenvalue weighted by Crippen LogP contribution is -2.31. The first-order chi connectivity index (χ1) is 21.5. The number of ether oxygens (including phenoxy) is 1. The number of amides is 1. The molecular formula is C37H34N2O5. The fraction of sp³-hybridized carbons (Fsp3) is 0.216. The van der Waals surface area contributed by atoms with Crippen LogP contribution in [0.25, 0.3) is 11.5 Å². The van der Waals surface area contributed by atoms with Crippen LogP contribution in [0.2, 0.25) is 0 Å². The van der Waals surface area contributed by atoms with E-state index >= 15 is 0 Å². The highest BCUT2D eigenvalue weighted by Crippen LogP contribution is 2.37. The van der Waals surface area contributed by atoms with Crippen LogP contribution in [0.15, 0.2) is 108 Å². The number of nitrogens with zero attached hydrogens (tertiary/aromatic N) is 2. The van der Waals surface area contributed by atoms with E-state index in [4.69, 9.17) is 14.1 Å². The molecule has 0 unspecified atom stereocenters. The molecule has 1 aliphatic heterocycles. The molecule has 0 fully saturated rings. The number of aliphatic carboxylic acids is 1. The summed E-state index contributed by atoms with van der Waals surface area (Å²) in [6.07, 6.45) is 0.970. The van der Waals surface area contributed by atoms with E-state index in [2.05, 4.69) is 0 Å². The van der Waals surface area contributed by atoms with Crippen LogP contribution in [0.4, 0.5) is 0 Å². The summed E-state index contributed by atoms with van der Waals surface area (Å²) in [6.45, 7) is 3.08. The molecule has 1 aliphatic rings. The van der Waals surface area contributed by atoms with Gasteiger partial charge in [-0.25, -0.2) is 4.98 Å². The predicted octanol–water partition coefficient (Wildman–Crippen LogP) is 6.96. The fourth-order valence-electron chi connectivity index (χ4n) is 5.87. The van der Waals surface area contributed by atoms with E-state index in [1.165, 1.54) is 0 Å². The molecule has 44 heavy (non-hydrogen) atoms. The summed E-state index contributed by atoms with van der Waals surface area (Å²) in [5.74, 6) is 0.743. The van der Waals surface area contributed by atoms with Crippen molar-refractivity contribution in [1.82, 2.24) is 9.88 Å². The van der Waals surface area contributed by atoms with Crippen molar-refractivity contribution in [2.45, 2.75) is 45.2 Å². The summed E-state index contributed by atoms with van der Waals surface area (Å²) < 4.78 is 12.2. The van der Waals surface area contributed by atoms with Gasteiger partial charge in [-0.2, -0.15) is 0 Å². The monoisotopic (exact) mass is 586 g/mol. The smallest absolute Gasteiger partial charge is 0.303 e. The van der Waals surface area contributed by atoms with Gasteiger partial charge in [-0.05, 0) is 53.8 Å². The van der Waals surface area contributed by atoms with E-state index in [-0.39, 0.29) is 12.3 Å². The summed E-state index contributed by atoms with van der Waals surface area (Å²) in [5, 5.41) is 9.36. The molecule has 5 aromatic rings.